The highest BCUT2D eigenvalue weighted by molar-refractivity contribution is 5.93. The summed E-state index contributed by atoms with van der Waals surface area (Å²) in [4.78, 5) is 9.01. The maximum absolute atomic E-state index is 6.18. The molecule has 31 heavy (non-hydrogen) atoms. The van der Waals surface area contributed by atoms with Gasteiger partial charge in [-0.05, 0) is 51.3 Å². The normalized spacial score (nSPS) is 24.8. The Morgan fingerprint density at radius 3 is 2.81 bits per heavy atom. The first-order chi connectivity index (χ1) is 15.2. The van der Waals surface area contributed by atoms with Gasteiger partial charge in [0.1, 0.15) is 23.7 Å². The fraction of sp³-hybridized carbons (Fsp3) is 0.522. The molecule has 2 aromatic heterocycles. The molecule has 1 unspecified atom stereocenters. The lowest BCUT2D eigenvalue weighted by molar-refractivity contribution is -0.0365. The van der Waals surface area contributed by atoms with Crippen LogP contribution in [0.15, 0.2) is 30.6 Å². The Bertz CT molecular complexity index is 1050. The lowest BCUT2D eigenvalue weighted by atomic mass is 10.1. The van der Waals surface area contributed by atoms with Crippen molar-refractivity contribution < 1.29 is 18.9 Å². The van der Waals surface area contributed by atoms with Crippen LogP contribution in [0, 0.1) is 0 Å². The number of hydrogen-bond donors (Lipinski definition) is 0. The zero-order valence-electron chi connectivity index (χ0n) is 18.0. The van der Waals surface area contributed by atoms with Crippen molar-refractivity contribution in [3.05, 3.63) is 30.6 Å². The van der Waals surface area contributed by atoms with Crippen LogP contribution in [0.5, 0.6) is 11.6 Å². The molecule has 2 aliphatic rings. The minimum absolute atomic E-state index is 0.0247. The molecular weight excluding hydrogens is 396 g/mol. The van der Waals surface area contributed by atoms with Crippen molar-refractivity contribution in [2.24, 2.45) is 0 Å². The maximum atomic E-state index is 6.18. The third-order valence-electron chi connectivity index (χ3n) is 5.69. The van der Waals surface area contributed by atoms with E-state index in [9.17, 15) is 0 Å². The van der Waals surface area contributed by atoms with Gasteiger partial charge in [0.15, 0.2) is 6.23 Å². The summed E-state index contributed by atoms with van der Waals surface area (Å²) in [6, 6.07) is 6.08. The predicted molar refractivity (Wildman–Crippen MR) is 115 cm³/mol. The van der Waals surface area contributed by atoms with E-state index in [0.29, 0.717) is 24.8 Å². The van der Waals surface area contributed by atoms with Crippen LogP contribution in [-0.2, 0) is 9.47 Å². The molecule has 0 N–H and O–H groups in total. The van der Waals surface area contributed by atoms with Crippen LogP contribution >= 0.6 is 0 Å². The zero-order chi connectivity index (χ0) is 21.2. The Labute approximate surface area is 181 Å². The van der Waals surface area contributed by atoms with Gasteiger partial charge in [-0.3, -0.25) is 4.98 Å². The van der Waals surface area contributed by atoms with E-state index in [1.54, 1.807) is 12.4 Å². The number of nitrogens with zero attached hydrogens (tertiary/aromatic N) is 4. The highest BCUT2D eigenvalue weighted by Gasteiger charge is 2.23. The van der Waals surface area contributed by atoms with E-state index in [0.717, 1.165) is 54.6 Å². The third-order valence-corrected chi connectivity index (χ3v) is 5.69. The molecule has 1 saturated heterocycles. The standard InChI is InChI=1S/C23H28N4O4/c1-15-8-10-28-16(2)14-30-21-13-24-12-19(25-21)23-18-11-17(31-15)6-7-20(18)27(26-23)22-5-3-4-9-29-22/h6-7,11-13,15-16,22H,3-5,8-10,14H2,1-2H3/t15-,16-,22?/m0/s1. The molecule has 4 bridgehead atoms. The molecule has 5 rings (SSSR count). The van der Waals surface area contributed by atoms with E-state index in [-0.39, 0.29) is 18.4 Å². The predicted octanol–water partition coefficient (Wildman–Crippen LogP) is 4.15. The Kier molecular flexibility index (Phi) is 5.74. The second kappa shape index (κ2) is 8.80. The minimum atomic E-state index is -0.0771. The minimum Gasteiger partial charge on any atom is -0.491 e. The van der Waals surface area contributed by atoms with Gasteiger partial charge in [-0.25, -0.2) is 9.67 Å². The lowest BCUT2D eigenvalue weighted by Gasteiger charge is -2.23. The van der Waals surface area contributed by atoms with Gasteiger partial charge in [0.25, 0.3) is 0 Å². The number of ether oxygens (including phenoxy) is 4. The van der Waals surface area contributed by atoms with Crippen LogP contribution in [0.4, 0.5) is 0 Å². The summed E-state index contributed by atoms with van der Waals surface area (Å²) in [5.41, 5.74) is 2.40. The topological polar surface area (TPSA) is 80.5 Å². The van der Waals surface area contributed by atoms with Crippen molar-refractivity contribution in [3.8, 4) is 23.0 Å². The number of hydrogen-bond acceptors (Lipinski definition) is 7. The monoisotopic (exact) mass is 424 g/mol. The first kappa shape index (κ1) is 20.2. The molecule has 0 amide bonds. The van der Waals surface area contributed by atoms with Gasteiger partial charge in [-0.15, -0.1) is 0 Å². The Morgan fingerprint density at radius 2 is 1.94 bits per heavy atom. The zero-order valence-corrected chi connectivity index (χ0v) is 18.0. The van der Waals surface area contributed by atoms with E-state index in [1.807, 2.05) is 23.7 Å². The van der Waals surface area contributed by atoms with Gasteiger partial charge in [0.2, 0.25) is 5.88 Å². The molecule has 3 aromatic rings. The van der Waals surface area contributed by atoms with Crippen molar-refractivity contribution in [1.29, 1.82) is 0 Å². The molecule has 0 radical (unpaired) electrons. The summed E-state index contributed by atoms with van der Waals surface area (Å²) in [5, 5.41) is 5.89. The number of benzene rings is 1. The second-order valence-corrected chi connectivity index (χ2v) is 8.25. The van der Waals surface area contributed by atoms with E-state index in [4.69, 9.17) is 24.0 Å². The molecule has 164 valence electrons. The summed E-state index contributed by atoms with van der Waals surface area (Å²) in [6.07, 6.45) is 7.18. The number of fused-ring (bicyclic) bond motifs is 4. The van der Waals surface area contributed by atoms with Crippen molar-refractivity contribution in [2.45, 2.75) is 58.0 Å². The summed E-state index contributed by atoms with van der Waals surface area (Å²) < 4.78 is 25.9. The van der Waals surface area contributed by atoms with Crippen LogP contribution < -0.4 is 9.47 Å². The Hall–Kier alpha value is -2.71. The molecular formula is C23H28N4O4. The number of aromatic nitrogens is 4. The first-order valence-electron chi connectivity index (χ1n) is 11.0. The molecule has 0 aliphatic carbocycles. The molecule has 8 nitrogen and oxygen atoms in total. The maximum Gasteiger partial charge on any atom is 0.233 e. The van der Waals surface area contributed by atoms with Gasteiger partial charge in [-0.2, -0.15) is 5.10 Å². The highest BCUT2D eigenvalue weighted by Crippen LogP contribution is 2.34. The summed E-state index contributed by atoms with van der Waals surface area (Å²) in [5.74, 6) is 1.26. The molecule has 1 fully saturated rings. The molecule has 0 saturated carbocycles. The van der Waals surface area contributed by atoms with Crippen molar-refractivity contribution in [3.63, 3.8) is 0 Å². The average Bonchev–Trinajstić information content (AvgIpc) is 3.17. The Balaban J connectivity index is 1.62. The van der Waals surface area contributed by atoms with E-state index in [1.165, 1.54) is 0 Å². The molecule has 2 aliphatic heterocycles. The SMILES string of the molecule is C[C@H]1COc2cncc(n2)-c2nn(C3CCCCO3)c3ccc(cc23)O[C@@H](C)CCO1. The van der Waals surface area contributed by atoms with Gasteiger partial charge in [0.05, 0.1) is 36.7 Å². The van der Waals surface area contributed by atoms with Crippen molar-refractivity contribution in [1.82, 2.24) is 19.7 Å². The van der Waals surface area contributed by atoms with Crippen molar-refractivity contribution in [2.75, 3.05) is 19.8 Å². The van der Waals surface area contributed by atoms with Gasteiger partial charge < -0.3 is 18.9 Å². The quantitative estimate of drug-likeness (QED) is 0.580. The van der Waals surface area contributed by atoms with Crippen LogP contribution in [0.2, 0.25) is 0 Å². The smallest absolute Gasteiger partial charge is 0.233 e. The fourth-order valence-electron chi connectivity index (χ4n) is 4.03. The third kappa shape index (κ3) is 4.36. The van der Waals surface area contributed by atoms with Gasteiger partial charge in [0, 0.05) is 18.4 Å². The van der Waals surface area contributed by atoms with Gasteiger partial charge in [-0.1, -0.05) is 0 Å². The van der Waals surface area contributed by atoms with Crippen LogP contribution in [-0.4, -0.2) is 51.8 Å². The fourth-order valence-corrected chi connectivity index (χ4v) is 4.03. The summed E-state index contributed by atoms with van der Waals surface area (Å²) >= 11 is 0. The van der Waals surface area contributed by atoms with E-state index >= 15 is 0 Å². The number of rotatable bonds is 1. The van der Waals surface area contributed by atoms with E-state index in [2.05, 4.69) is 23.0 Å². The molecule has 4 heterocycles. The van der Waals surface area contributed by atoms with Crippen LogP contribution in [0.1, 0.15) is 45.8 Å². The molecule has 0 spiro atoms. The first-order valence-corrected chi connectivity index (χ1v) is 11.0. The van der Waals surface area contributed by atoms with Gasteiger partial charge >= 0.3 is 0 Å². The average molecular weight is 425 g/mol. The largest absolute Gasteiger partial charge is 0.491 e. The molecule has 8 heteroatoms. The molecule has 1 aromatic carbocycles. The Morgan fingerprint density at radius 1 is 1.00 bits per heavy atom. The van der Waals surface area contributed by atoms with Crippen LogP contribution in [0.25, 0.3) is 22.3 Å². The van der Waals surface area contributed by atoms with E-state index < -0.39 is 0 Å². The molecule has 3 atom stereocenters. The summed E-state index contributed by atoms with van der Waals surface area (Å²) in [7, 11) is 0. The highest BCUT2D eigenvalue weighted by atomic mass is 16.5. The van der Waals surface area contributed by atoms with Crippen molar-refractivity contribution >= 4 is 10.9 Å². The lowest BCUT2D eigenvalue weighted by Crippen LogP contribution is -2.22. The second-order valence-electron chi connectivity index (χ2n) is 8.25. The summed E-state index contributed by atoms with van der Waals surface area (Å²) in [6.45, 7) is 5.80. The van der Waals surface area contributed by atoms with Crippen LogP contribution in [0.3, 0.4) is 0 Å².